The van der Waals surface area contributed by atoms with Crippen molar-refractivity contribution in [1.29, 1.82) is 0 Å². The van der Waals surface area contributed by atoms with E-state index in [-0.39, 0.29) is 10.8 Å². The maximum absolute atomic E-state index is 10.9. The summed E-state index contributed by atoms with van der Waals surface area (Å²) >= 11 is 6.50. The Bertz CT molecular complexity index is 565. The smallest absolute Gasteiger partial charge is 0.305 e. The van der Waals surface area contributed by atoms with E-state index in [2.05, 4.69) is 72.1 Å². The van der Waals surface area contributed by atoms with Gasteiger partial charge in [-0.25, -0.2) is 0 Å². The van der Waals surface area contributed by atoms with Crippen molar-refractivity contribution >= 4 is 37.8 Å². The lowest BCUT2D eigenvalue weighted by atomic mass is 10.1. The Morgan fingerprint density at radius 2 is 1.88 bits per heavy atom. The zero-order chi connectivity index (χ0) is 18.0. The van der Waals surface area contributed by atoms with Crippen LogP contribution in [0.3, 0.4) is 0 Å². The molecule has 0 fully saturated rings. The van der Waals surface area contributed by atoms with Gasteiger partial charge in [-0.3, -0.25) is 4.79 Å². The third-order valence-corrected chi connectivity index (χ3v) is 4.01. The SMILES string of the molecule is COC(=O)CCCC#CC#CCCCC[C@@H](O)[C@@H](Br)C#C/C=C/Br. The molecule has 130 valence electrons. The lowest BCUT2D eigenvalue weighted by Gasteiger charge is -2.11. The second-order valence-electron chi connectivity index (χ2n) is 4.83. The molecule has 0 aliphatic carbocycles. The number of esters is 1. The minimum Gasteiger partial charge on any atom is -0.469 e. The van der Waals surface area contributed by atoms with Crippen LogP contribution in [0.5, 0.6) is 0 Å². The highest BCUT2D eigenvalue weighted by Crippen LogP contribution is 2.12. The van der Waals surface area contributed by atoms with Crippen LogP contribution in [0.1, 0.15) is 44.9 Å². The number of aliphatic hydroxyl groups excluding tert-OH is 1. The Kier molecular flexibility index (Phi) is 15.8. The van der Waals surface area contributed by atoms with Crippen LogP contribution in [-0.4, -0.2) is 29.1 Å². The summed E-state index contributed by atoms with van der Waals surface area (Å²) < 4.78 is 4.54. The first-order chi connectivity index (χ1) is 11.6. The zero-order valence-corrected chi connectivity index (χ0v) is 17.0. The monoisotopic (exact) mass is 456 g/mol. The number of carbonyl (C=O) groups excluding carboxylic acids is 1. The molecule has 0 rings (SSSR count). The fourth-order valence-corrected chi connectivity index (χ4v) is 2.13. The van der Waals surface area contributed by atoms with Gasteiger partial charge in [0.15, 0.2) is 0 Å². The average molecular weight is 458 g/mol. The molecular formula is C19H22Br2O3. The van der Waals surface area contributed by atoms with E-state index < -0.39 is 6.10 Å². The number of allylic oxidation sites excluding steroid dienone is 1. The van der Waals surface area contributed by atoms with Gasteiger partial charge in [0.25, 0.3) is 0 Å². The number of alkyl halides is 1. The van der Waals surface area contributed by atoms with Crippen LogP contribution in [0.25, 0.3) is 0 Å². The van der Waals surface area contributed by atoms with E-state index in [4.69, 9.17) is 0 Å². The van der Waals surface area contributed by atoms with E-state index in [0.717, 1.165) is 19.3 Å². The second-order valence-corrected chi connectivity index (χ2v) is 6.34. The summed E-state index contributed by atoms with van der Waals surface area (Å²) in [5.41, 5.74) is 0. The van der Waals surface area contributed by atoms with Crippen molar-refractivity contribution in [1.82, 2.24) is 0 Å². The van der Waals surface area contributed by atoms with Crippen molar-refractivity contribution in [2.45, 2.75) is 55.9 Å². The third-order valence-electron chi connectivity index (χ3n) is 2.91. The average Bonchev–Trinajstić information content (AvgIpc) is 2.59. The van der Waals surface area contributed by atoms with Crippen LogP contribution in [-0.2, 0) is 9.53 Å². The first-order valence-electron chi connectivity index (χ1n) is 7.72. The van der Waals surface area contributed by atoms with Gasteiger partial charge in [0.1, 0.15) is 4.83 Å². The van der Waals surface area contributed by atoms with Crippen LogP contribution in [0.2, 0.25) is 0 Å². The number of unbranched alkanes of at least 4 members (excludes halogenated alkanes) is 3. The summed E-state index contributed by atoms with van der Waals surface area (Å²) in [4.78, 5) is 12.3. The van der Waals surface area contributed by atoms with Gasteiger partial charge in [0.05, 0.1) is 13.2 Å². The first-order valence-corrected chi connectivity index (χ1v) is 9.56. The number of carbonyl (C=O) groups is 1. The maximum Gasteiger partial charge on any atom is 0.305 e. The van der Waals surface area contributed by atoms with Gasteiger partial charge in [0.2, 0.25) is 0 Å². The summed E-state index contributed by atoms with van der Waals surface area (Å²) in [6, 6.07) is 0. The molecule has 0 aliphatic heterocycles. The molecule has 0 aromatic rings. The van der Waals surface area contributed by atoms with E-state index in [1.807, 2.05) is 0 Å². The van der Waals surface area contributed by atoms with E-state index in [1.54, 1.807) is 11.1 Å². The second kappa shape index (κ2) is 16.7. The quantitative estimate of drug-likeness (QED) is 0.260. The highest BCUT2D eigenvalue weighted by molar-refractivity contribution is 9.11. The molecule has 3 nitrogen and oxygen atoms in total. The Labute approximate surface area is 161 Å². The minimum absolute atomic E-state index is 0.207. The normalized spacial score (nSPS) is 12.0. The van der Waals surface area contributed by atoms with Crippen LogP contribution in [0.15, 0.2) is 11.1 Å². The molecule has 0 bridgehead atoms. The molecular weight excluding hydrogens is 436 g/mol. The van der Waals surface area contributed by atoms with Crippen molar-refractivity contribution in [3.8, 4) is 35.5 Å². The summed E-state index contributed by atoms with van der Waals surface area (Å²) in [5, 5.41) is 9.92. The Balaban J connectivity index is 3.74. The molecule has 0 saturated heterocycles. The molecule has 0 aliphatic rings. The van der Waals surface area contributed by atoms with E-state index in [1.165, 1.54) is 7.11 Å². The number of hydrogen-bond donors (Lipinski definition) is 1. The standard InChI is InChI=1S/C19H22Br2O3/c1-24-19(23)15-10-8-6-4-2-3-5-7-9-14-18(22)17(21)13-11-12-16-20/h12,16-18,22H,5,7-10,14-15H2,1H3/b16-12+/t17-,18+/m0/s1. The zero-order valence-electron chi connectivity index (χ0n) is 13.8. The first kappa shape index (κ1) is 22.8. The molecule has 0 heterocycles. The van der Waals surface area contributed by atoms with Crippen molar-refractivity contribution in [2.24, 2.45) is 0 Å². The fraction of sp³-hybridized carbons (Fsp3) is 0.526. The van der Waals surface area contributed by atoms with Gasteiger partial charge < -0.3 is 9.84 Å². The number of ether oxygens (including phenoxy) is 1. The maximum atomic E-state index is 10.9. The van der Waals surface area contributed by atoms with Crippen molar-refractivity contribution < 1.29 is 14.6 Å². The topological polar surface area (TPSA) is 46.5 Å². The molecule has 0 unspecified atom stereocenters. The lowest BCUT2D eigenvalue weighted by molar-refractivity contribution is -0.140. The van der Waals surface area contributed by atoms with Crippen molar-refractivity contribution in [2.75, 3.05) is 7.11 Å². The van der Waals surface area contributed by atoms with Gasteiger partial charge in [-0.05, 0) is 48.6 Å². The number of halogens is 2. The van der Waals surface area contributed by atoms with Crippen LogP contribution >= 0.6 is 31.9 Å². The molecule has 0 aromatic carbocycles. The largest absolute Gasteiger partial charge is 0.469 e. The fourth-order valence-electron chi connectivity index (χ4n) is 1.61. The summed E-state index contributed by atoms with van der Waals surface area (Å²) in [7, 11) is 1.38. The highest BCUT2D eigenvalue weighted by atomic mass is 79.9. The molecule has 0 radical (unpaired) electrons. The van der Waals surface area contributed by atoms with Gasteiger partial charge >= 0.3 is 5.97 Å². The molecule has 1 N–H and O–H groups in total. The predicted octanol–water partition coefficient (Wildman–Crippen LogP) is 3.93. The van der Waals surface area contributed by atoms with Gasteiger partial charge in [-0.1, -0.05) is 55.5 Å². The Morgan fingerprint density at radius 3 is 2.50 bits per heavy atom. The summed E-state index contributed by atoms with van der Waals surface area (Å²) in [6.07, 6.45) is 6.18. The number of rotatable bonds is 8. The van der Waals surface area contributed by atoms with Crippen LogP contribution < -0.4 is 0 Å². The number of methoxy groups -OCH3 is 1. The number of aliphatic hydroxyl groups is 1. The van der Waals surface area contributed by atoms with E-state index in [9.17, 15) is 9.90 Å². The summed E-state index contributed by atoms with van der Waals surface area (Å²) in [5.74, 6) is 17.0. The van der Waals surface area contributed by atoms with Crippen molar-refractivity contribution in [3.05, 3.63) is 11.1 Å². The molecule has 2 atom stereocenters. The lowest BCUT2D eigenvalue weighted by Crippen LogP contribution is -2.18. The van der Waals surface area contributed by atoms with Gasteiger partial charge in [0, 0.05) is 19.3 Å². The predicted molar refractivity (Wildman–Crippen MR) is 104 cm³/mol. The molecule has 5 heteroatoms. The number of hydrogen-bond acceptors (Lipinski definition) is 3. The highest BCUT2D eigenvalue weighted by Gasteiger charge is 2.12. The molecule has 0 saturated carbocycles. The van der Waals surface area contributed by atoms with E-state index in [0.29, 0.717) is 25.7 Å². The minimum atomic E-state index is -0.483. The molecule has 0 spiro atoms. The van der Waals surface area contributed by atoms with Crippen LogP contribution in [0, 0.1) is 35.5 Å². The molecule has 24 heavy (non-hydrogen) atoms. The Hall–Kier alpha value is -1.19. The third kappa shape index (κ3) is 14.4. The van der Waals surface area contributed by atoms with Gasteiger partial charge in [-0.15, -0.1) is 0 Å². The summed E-state index contributed by atoms with van der Waals surface area (Å²) in [6.45, 7) is 0. The van der Waals surface area contributed by atoms with Crippen molar-refractivity contribution in [3.63, 3.8) is 0 Å². The molecule has 0 aromatic heterocycles. The van der Waals surface area contributed by atoms with Gasteiger partial charge in [-0.2, -0.15) is 0 Å². The molecule has 0 amide bonds. The Morgan fingerprint density at radius 1 is 1.21 bits per heavy atom. The van der Waals surface area contributed by atoms with E-state index >= 15 is 0 Å². The van der Waals surface area contributed by atoms with Crippen LogP contribution in [0.4, 0.5) is 0 Å².